The van der Waals surface area contributed by atoms with Gasteiger partial charge in [0.25, 0.3) is 0 Å². The van der Waals surface area contributed by atoms with Gasteiger partial charge in [-0.05, 0) is 48.9 Å². The van der Waals surface area contributed by atoms with Gasteiger partial charge in [-0.3, -0.25) is 4.98 Å². The Morgan fingerprint density at radius 1 is 1.26 bits per heavy atom. The Morgan fingerprint density at radius 2 is 2.11 bits per heavy atom. The zero-order valence-corrected chi connectivity index (χ0v) is 11.3. The summed E-state index contributed by atoms with van der Waals surface area (Å²) in [6.07, 6.45) is 5.08. The lowest BCUT2D eigenvalue weighted by atomic mass is 9.90. The molecule has 1 aliphatic rings. The fourth-order valence-corrected chi connectivity index (χ4v) is 3.10. The van der Waals surface area contributed by atoms with Crippen LogP contribution in [0, 0.1) is 6.92 Å². The van der Waals surface area contributed by atoms with Crippen LogP contribution in [-0.2, 0) is 12.8 Å². The second-order valence-corrected chi connectivity index (χ2v) is 5.49. The highest BCUT2D eigenvalue weighted by Crippen LogP contribution is 2.34. The Labute approximate surface area is 114 Å². The summed E-state index contributed by atoms with van der Waals surface area (Å²) in [4.78, 5) is 4.55. The largest absolute Gasteiger partial charge is 0.327 e. The van der Waals surface area contributed by atoms with Crippen molar-refractivity contribution < 1.29 is 0 Å². The molecule has 1 aliphatic carbocycles. The van der Waals surface area contributed by atoms with Gasteiger partial charge in [0.15, 0.2) is 0 Å². The first kappa shape index (κ1) is 12.4. The third-order valence-electron chi connectivity index (χ3n) is 4.24. The van der Waals surface area contributed by atoms with Crippen molar-refractivity contribution in [1.82, 2.24) is 4.98 Å². The number of aromatic nitrogens is 1. The van der Waals surface area contributed by atoms with Crippen molar-refractivity contribution >= 4 is 0 Å². The number of hydrogen-bond donors (Lipinski definition) is 1. The molecule has 0 saturated carbocycles. The molecule has 2 N–H and O–H groups in total. The van der Waals surface area contributed by atoms with Gasteiger partial charge in [0.1, 0.15) is 0 Å². The summed E-state index contributed by atoms with van der Waals surface area (Å²) < 4.78 is 0. The van der Waals surface area contributed by atoms with Crippen LogP contribution in [0.5, 0.6) is 0 Å². The summed E-state index contributed by atoms with van der Waals surface area (Å²) in [6, 6.07) is 12.9. The normalized spacial score (nSPS) is 19.2. The van der Waals surface area contributed by atoms with Crippen molar-refractivity contribution in [2.75, 3.05) is 0 Å². The lowest BCUT2D eigenvalue weighted by molar-refractivity contribution is 0.516. The Kier molecular flexibility index (Phi) is 3.34. The first-order chi connectivity index (χ1) is 9.25. The molecule has 19 heavy (non-hydrogen) atoms. The quantitative estimate of drug-likeness (QED) is 0.912. The van der Waals surface area contributed by atoms with Gasteiger partial charge < -0.3 is 5.73 Å². The highest BCUT2D eigenvalue weighted by Gasteiger charge is 2.28. The van der Waals surface area contributed by atoms with E-state index in [1.165, 1.54) is 22.4 Å². The van der Waals surface area contributed by atoms with Crippen LogP contribution in [-0.4, -0.2) is 11.0 Å². The van der Waals surface area contributed by atoms with Gasteiger partial charge in [-0.2, -0.15) is 0 Å². The highest BCUT2D eigenvalue weighted by atomic mass is 14.7. The van der Waals surface area contributed by atoms with Crippen LogP contribution >= 0.6 is 0 Å². The molecule has 2 nitrogen and oxygen atoms in total. The Hall–Kier alpha value is -1.67. The molecule has 0 radical (unpaired) electrons. The van der Waals surface area contributed by atoms with E-state index in [1.807, 2.05) is 12.3 Å². The molecule has 2 unspecified atom stereocenters. The molecular weight excluding hydrogens is 232 g/mol. The second-order valence-electron chi connectivity index (χ2n) is 5.49. The number of aryl methyl sites for hydroxylation is 2. The molecule has 2 heteroatoms. The fraction of sp³-hybridized carbons (Fsp3) is 0.353. The van der Waals surface area contributed by atoms with Gasteiger partial charge in [0.2, 0.25) is 0 Å². The Balaban J connectivity index is 1.79. The summed E-state index contributed by atoms with van der Waals surface area (Å²) in [7, 11) is 0. The number of pyridine rings is 1. The maximum absolute atomic E-state index is 6.45. The average molecular weight is 252 g/mol. The lowest BCUT2D eigenvalue weighted by Crippen LogP contribution is -2.30. The van der Waals surface area contributed by atoms with E-state index in [2.05, 4.69) is 42.2 Å². The maximum Gasteiger partial charge on any atom is 0.0482 e. The minimum absolute atomic E-state index is 0.164. The van der Waals surface area contributed by atoms with E-state index in [0.29, 0.717) is 5.92 Å². The lowest BCUT2D eigenvalue weighted by Gasteiger charge is -2.20. The van der Waals surface area contributed by atoms with E-state index in [0.717, 1.165) is 19.3 Å². The Morgan fingerprint density at radius 3 is 2.95 bits per heavy atom. The molecular formula is C17H20N2. The van der Waals surface area contributed by atoms with Crippen LogP contribution in [0.4, 0.5) is 0 Å². The number of benzene rings is 1. The van der Waals surface area contributed by atoms with Crippen LogP contribution < -0.4 is 5.73 Å². The second kappa shape index (κ2) is 5.14. The first-order valence-corrected chi connectivity index (χ1v) is 6.99. The summed E-state index contributed by atoms with van der Waals surface area (Å²) >= 11 is 0. The smallest absolute Gasteiger partial charge is 0.0482 e. The summed E-state index contributed by atoms with van der Waals surface area (Å²) in [5.41, 5.74) is 11.8. The summed E-state index contributed by atoms with van der Waals surface area (Å²) in [6.45, 7) is 2.16. The van der Waals surface area contributed by atoms with E-state index >= 15 is 0 Å². The molecule has 2 atom stereocenters. The third-order valence-corrected chi connectivity index (χ3v) is 4.24. The molecule has 3 rings (SSSR count). The molecule has 0 bridgehead atoms. The maximum atomic E-state index is 6.45. The number of nitrogens with two attached hydrogens (primary N) is 1. The number of rotatable bonds is 3. The van der Waals surface area contributed by atoms with Crippen molar-refractivity contribution in [1.29, 1.82) is 0 Å². The first-order valence-electron chi connectivity index (χ1n) is 6.99. The minimum Gasteiger partial charge on any atom is -0.327 e. The molecule has 98 valence electrons. The Bertz CT molecular complexity index is 577. The molecule has 0 spiro atoms. The molecule has 2 aromatic rings. The van der Waals surface area contributed by atoms with Gasteiger partial charge >= 0.3 is 0 Å². The summed E-state index contributed by atoms with van der Waals surface area (Å²) in [5, 5.41) is 0. The molecule has 0 amide bonds. The van der Waals surface area contributed by atoms with Crippen LogP contribution in [0.1, 0.15) is 34.7 Å². The van der Waals surface area contributed by atoms with Crippen molar-refractivity contribution in [2.24, 2.45) is 5.73 Å². The number of fused-ring (bicyclic) bond motifs is 1. The van der Waals surface area contributed by atoms with Crippen LogP contribution in [0.25, 0.3) is 0 Å². The third kappa shape index (κ3) is 2.41. The van der Waals surface area contributed by atoms with Crippen molar-refractivity contribution in [2.45, 2.75) is 38.1 Å². The molecule has 0 fully saturated rings. The van der Waals surface area contributed by atoms with Crippen LogP contribution in [0.3, 0.4) is 0 Å². The van der Waals surface area contributed by atoms with E-state index < -0.39 is 0 Å². The number of hydrogen-bond acceptors (Lipinski definition) is 2. The average Bonchev–Trinajstić information content (AvgIpc) is 2.85. The van der Waals surface area contributed by atoms with Gasteiger partial charge in [-0.1, -0.05) is 30.3 Å². The topological polar surface area (TPSA) is 38.9 Å². The van der Waals surface area contributed by atoms with Crippen molar-refractivity contribution in [3.63, 3.8) is 0 Å². The summed E-state index contributed by atoms with van der Waals surface area (Å²) in [5.74, 6) is 0.413. The van der Waals surface area contributed by atoms with Gasteiger partial charge in [-0.15, -0.1) is 0 Å². The standard InChI is InChI=1S/C17H20N2/c1-12-5-2-3-6-14(12)11-16(18)15-9-8-13-7-4-10-19-17(13)15/h2-7,10,15-16H,8-9,11,18H2,1H3. The highest BCUT2D eigenvalue weighted by molar-refractivity contribution is 5.32. The van der Waals surface area contributed by atoms with E-state index in [9.17, 15) is 0 Å². The molecule has 1 aromatic carbocycles. The van der Waals surface area contributed by atoms with Gasteiger partial charge in [0, 0.05) is 23.9 Å². The van der Waals surface area contributed by atoms with Gasteiger partial charge in [0.05, 0.1) is 0 Å². The molecule has 0 saturated heterocycles. The predicted molar refractivity (Wildman–Crippen MR) is 78.2 cm³/mol. The van der Waals surface area contributed by atoms with E-state index in [4.69, 9.17) is 5.73 Å². The predicted octanol–water partition coefficient (Wildman–Crippen LogP) is 2.99. The van der Waals surface area contributed by atoms with Gasteiger partial charge in [-0.25, -0.2) is 0 Å². The van der Waals surface area contributed by atoms with Crippen LogP contribution in [0.15, 0.2) is 42.6 Å². The number of nitrogens with zero attached hydrogens (tertiary/aromatic N) is 1. The van der Waals surface area contributed by atoms with Crippen molar-refractivity contribution in [3.8, 4) is 0 Å². The van der Waals surface area contributed by atoms with Crippen molar-refractivity contribution in [3.05, 3.63) is 65.0 Å². The minimum atomic E-state index is 0.164. The molecule has 1 heterocycles. The fourth-order valence-electron chi connectivity index (χ4n) is 3.10. The molecule has 1 aromatic heterocycles. The van der Waals surface area contributed by atoms with E-state index in [-0.39, 0.29) is 6.04 Å². The van der Waals surface area contributed by atoms with E-state index in [1.54, 1.807) is 0 Å². The monoisotopic (exact) mass is 252 g/mol. The zero-order chi connectivity index (χ0) is 13.2. The zero-order valence-electron chi connectivity index (χ0n) is 11.3. The molecule has 0 aliphatic heterocycles. The SMILES string of the molecule is Cc1ccccc1CC(N)C1CCc2cccnc21. The van der Waals surface area contributed by atoms with Crippen LogP contribution in [0.2, 0.25) is 0 Å².